The fourth-order valence-electron chi connectivity index (χ4n) is 1.38. The van der Waals surface area contributed by atoms with Gasteiger partial charge in [0, 0.05) is 17.3 Å². The minimum atomic E-state index is -0.641. The predicted octanol–water partition coefficient (Wildman–Crippen LogP) is 1.58. The van der Waals surface area contributed by atoms with Gasteiger partial charge >= 0.3 is 0 Å². The van der Waals surface area contributed by atoms with E-state index in [2.05, 4.69) is 5.32 Å². The number of allylic oxidation sites excluding steroid dienone is 2. The van der Waals surface area contributed by atoms with Crippen molar-refractivity contribution in [1.29, 1.82) is 0 Å². The van der Waals surface area contributed by atoms with E-state index in [1.165, 1.54) is 13.0 Å². The summed E-state index contributed by atoms with van der Waals surface area (Å²) in [6.45, 7) is 3.00. The Morgan fingerprint density at radius 2 is 1.85 bits per heavy atom. The largest absolute Gasteiger partial charge is 0.510 e. The average Bonchev–Trinajstić information content (AvgIpc) is 2.38. The van der Waals surface area contributed by atoms with Crippen LogP contribution in [0, 0.1) is 0 Å². The number of nitrogens with two attached hydrogens (primary N) is 2. The first-order valence-corrected chi connectivity index (χ1v) is 6.03. The lowest BCUT2D eigenvalue weighted by Crippen LogP contribution is -2.34. The highest BCUT2D eigenvalue weighted by molar-refractivity contribution is 5.94. The topological polar surface area (TPSA) is 122 Å². The summed E-state index contributed by atoms with van der Waals surface area (Å²) in [4.78, 5) is 11.9. The molecule has 0 fully saturated rings. The Labute approximate surface area is 117 Å². The molecule has 1 rings (SSSR count). The van der Waals surface area contributed by atoms with Crippen LogP contribution >= 0.6 is 0 Å². The van der Waals surface area contributed by atoms with E-state index in [0.29, 0.717) is 11.3 Å². The molecular formula is C14H19N3O3. The molecule has 1 atom stereocenters. The Balaban J connectivity index is 2.75. The van der Waals surface area contributed by atoms with Gasteiger partial charge in [0.15, 0.2) is 0 Å². The van der Waals surface area contributed by atoms with Crippen molar-refractivity contribution in [2.75, 3.05) is 5.73 Å². The van der Waals surface area contributed by atoms with Crippen molar-refractivity contribution in [2.24, 2.45) is 5.73 Å². The molecule has 0 aliphatic rings. The van der Waals surface area contributed by atoms with Crippen LogP contribution in [0.2, 0.25) is 0 Å². The molecule has 7 N–H and O–H groups in total. The SMILES string of the molecule is C/C(O)=C(N)\C=C(\O)C(C)NC(=O)c1ccc(N)cc1. The van der Waals surface area contributed by atoms with Crippen molar-refractivity contribution < 1.29 is 15.0 Å². The van der Waals surface area contributed by atoms with Crippen LogP contribution in [0.15, 0.2) is 47.6 Å². The van der Waals surface area contributed by atoms with Gasteiger partial charge < -0.3 is 27.0 Å². The van der Waals surface area contributed by atoms with E-state index in [-0.39, 0.29) is 23.1 Å². The summed E-state index contributed by atoms with van der Waals surface area (Å²) in [6, 6.07) is 5.77. The van der Waals surface area contributed by atoms with Gasteiger partial charge in [-0.1, -0.05) is 0 Å². The lowest BCUT2D eigenvalue weighted by molar-refractivity contribution is 0.0937. The van der Waals surface area contributed by atoms with Crippen molar-refractivity contribution in [1.82, 2.24) is 5.32 Å². The summed E-state index contributed by atoms with van der Waals surface area (Å²) in [5, 5.41) is 21.5. The summed E-state index contributed by atoms with van der Waals surface area (Å²) >= 11 is 0. The molecule has 0 aliphatic carbocycles. The number of hydrogen-bond acceptors (Lipinski definition) is 5. The maximum absolute atomic E-state index is 11.9. The van der Waals surface area contributed by atoms with E-state index in [4.69, 9.17) is 16.6 Å². The van der Waals surface area contributed by atoms with Gasteiger partial charge in [0.1, 0.15) is 11.5 Å². The van der Waals surface area contributed by atoms with E-state index in [1.807, 2.05) is 0 Å². The van der Waals surface area contributed by atoms with Gasteiger partial charge in [-0.3, -0.25) is 4.79 Å². The molecule has 0 heterocycles. The number of hydrogen-bond donors (Lipinski definition) is 5. The fraction of sp³-hybridized carbons (Fsp3) is 0.214. The Morgan fingerprint density at radius 1 is 1.30 bits per heavy atom. The molecule has 0 aromatic heterocycles. The molecule has 1 aromatic rings. The molecule has 20 heavy (non-hydrogen) atoms. The number of nitrogens with one attached hydrogen (secondary N) is 1. The predicted molar refractivity (Wildman–Crippen MR) is 78.0 cm³/mol. The third kappa shape index (κ3) is 4.24. The van der Waals surface area contributed by atoms with E-state index in [0.717, 1.165) is 0 Å². The highest BCUT2D eigenvalue weighted by Gasteiger charge is 2.13. The van der Waals surface area contributed by atoms with Crippen molar-refractivity contribution >= 4 is 11.6 Å². The summed E-state index contributed by atoms with van der Waals surface area (Å²) in [6.07, 6.45) is 1.20. The van der Waals surface area contributed by atoms with Gasteiger partial charge in [-0.2, -0.15) is 0 Å². The highest BCUT2D eigenvalue weighted by Crippen LogP contribution is 2.08. The van der Waals surface area contributed by atoms with Gasteiger partial charge in [-0.15, -0.1) is 0 Å². The molecule has 108 valence electrons. The van der Waals surface area contributed by atoms with Crippen LogP contribution in [-0.4, -0.2) is 22.2 Å². The second kappa shape index (κ2) is 6.51. The third-order valence-corrected chi connectivity index (χ3v) is 2.69. The van der Waals surface area contributed by atoms with E-state index >= 15 is 0 Å². The average molecular weight is 277 g/mol. The number of anilines is 1. The molecule has 1 unspecified atom stereocenters. The Bertz CT molecular complexity index is 543. The zero-order chi connectivity index (χ0) is 15.3. The zero-order valence-corrected chi connectivity index (χ0v) is 11.4. The summed E-state index contributed by atoms with van der Waals surface area (Å²) in [5.74, 6) is -0.603. The number of amides is 1. The van der Waals surface area contributed by atoms with Crippen LogP contribution in [0.4, 0.5) is 5.69 Å². The maximum Gasteiger partial charge on any atom is 0.251 e. The van der Waals surface area contributed by atoms with Crippen LogP contribution in [0.25, 0.3) is 0 Å². The molecular weight excluding hydrogens is 258 g/mol. The fourth-order valence-corrected chi connectivity index (χ4v) is 1.38. The second-order valence-corrected chi connectivity index (χ2v) is 4.43. The summed E-state index contributed by atoms with van der Waals surface area (Å²) < 4.78 is 0. The Morgan fingerprint density at radius 3 is 2.35 bits per heavy atom. The molecule has 0 saturated carbocycles. The number of carbonyl (C=O) groups is 1. The van der Waals surface area contributed by atoms with Gasteiger partial charge in [0.25, 0.3) is 5.91 Å². The van der Waals surface area contributed by atoms with Crippen LogP contribution in [0.3, 0.4) is 0 Å². The molecule has 1 amide bonds. The monoisotopic (exact) mass is 277 g/mol. The van der Waals surface area contributed by atoms with Crippen LogP contribution < -0.4 is 16.8 Å². The number of rotatable bonds is 4. The molecule has 0 spiro atoms. The smallest absolute Gasteiger partial charge is 0.251 e. The zero-order valence-electron chi connectivity index (χ0n) is 11.4. The molecule has 6 nitrogen and oxygen atoms in total. The summed E-state index contributed by atoms with van der Waals surface area (Å²) in [5.41, 5.74) is 12.0. The Hall–Kier alpha value is -2.63. The lowest BCUT2D eigenvalue weighted by atomic mass is 10.1. The van der Waals surface area contributed by atoms with Gasteiger partial charge in [0.05, 0.1) is 11.7 Å². The molecule has 0 aliphatic heterocycles. The summed E-state index contributed by atoms with van der Waals surface area (Å²) in [7, 11) is 0. The number of aliphatic hydroxyl groups is 2. The normalized spacial score (nSPS) is 14.4. The van der Waals surface area contributed by atoms with Crippen molar-refractivity contribution in [2.45, 2.75) is 19.9 Å². The standard InChI is InChI=1S/C14H19N3O3/c1-8(13(19)7-12(16)9(2)18)17-14(20)10-3-5-11(15)6-4-10/h3-8,18-19H,15-16H2,1-2H3,(H,17,20)/b12-9-,13-7+. The molecule has 0 saturated heterocycles. The van der Waals surface area contributed by atoms with Gasteiger partial charge in [-0.05, 0) is 38.1 Å². The second-order valence-electron chi connectivity index (χ2n) is 4.43. The minimum absolute atomic E-state index is 0.0380. The van der Waals surface area contributed by atoms with E-state index < -0.39 is 6.04 Å². The quantitative estimate of drug-likeness (QED) is 0.325. The lowest BCUT2D eigenvalue weighted by Gasteiger charge is -2.13. The van der Waals surface area contributed by atoms with Crippen LogP contribution in [-0.2, 0) is 0 Å². The van der Waals surface area contributed by atoms with Crippen molar-refractivity contribution in [3.8, 4) is 0 Å². The molecule has 0 bridgehead atoms. The Kier molecular flexibility index (Phi) is 5.02. The van der Waals surface area contributed by atoms with Crippen LogP contribution in [0.5, 0.6) is 0 Å². The minimum Gasteiger partial charge on any atom is -0.510 e. The van der Waals surface area contributed by atoms with Gasteiger partial charge in [-0.25, -0.2) is 0 Å². The highest BCUT2D eigenvalue weighted by atomic mass is 16.3. The number of nitrogen functional groups attached to an aromatic ring is 1. The first-order valence-electron chi connectivity index (χ1n) is 6.03. The maximum atomic E-state index is 11.9. The third-order valence-electron chi connectivity index (χ3n) is 2.69. The van der Waals surface area contributed by atoms with Gasteiger partial charge in [0.2, 0.25) is 0 Å². The van der Waals surface area contributed by atoms with E-state index in [9.17, 15) is 9.90 Å². The number of benzene rings is 1. The number of aliphatic hydroxyl groups excluding tert-OH is 2. The molecule has 0 radical (unpaired) electrons. The van der Waals surface area contributed by atoms with E-state index in [1.54, 1.807) is 31.2 Å². The number of carbonyl (C=O) groups excluding carboxylic acids is 1. The molecule has 1 aromatic carbocycles. The van der Waals surface area contributed by atoms with Crippen LogP contribution in [0.1, 0.15) is 24.2 Å². The van der Waals surface area contributed by atoms with Crippen molar-refractivity contribution in [3.05, 3.63) is 53.1 Å². The first-order chi connectivity index (χ1) is 9.31. The first kappa shape index (κ1) is 15.4. The molecule has 6 heteroatoms. The van der Waals surface area contributed by atoms with Crippen molar-refractivity contribution in [3.63, 3.8) is 0 Å².